The smallest absolute Gasteiger partial charge is 0.129 e. The van der Waals surface area contributed by atoms with Crippen molar-refractivity contribution in [2.45, 2.75) is 59.3 Å². The molecule has 1 heteroatoms. The number of ketones is 1. The first-order valence-electron chi connectivity index (χ1n) is 5.16. The van der Waals surface area contributed by atoms with Crippen molar-refractivity contribution in [1.82, 2.24) is 0 Å². The van der Waals surface area contributed by atoms with Gasteiger partial charge in [-0.05, 0) is 19.3 Å². The molecule has 0 aromatic rings. The Morgan fingerprint density at radius 1 is 1.25 bits per heavy atom. The molecule has 0 aliphatic carbocycles. The van der Waals surface area contributed by atoms with E-state index in [0.717, 1.165) is 18.8 Å². The second kappa shape index (κ2) is 7.33. The largest absolute Gasteiger partial charge is 0.300 e. The van der Waals surface area contributed by atoms with E-state index in [-0.39, 0.29) is 0 Å². The normalized spacial score (nSPS) is 12.9. The molecule has 0 spiro atoms. The number of carbonyl (C=O) groups excluding carboxylic acids is 1. The number of hydrogen-bond donors (Lipinski definition) is 0. The van der Waals surface area contributed by atoms with Crippen molar-refractivity contribution in [3.8, 4) is 0 Å². The molecule has 1 nitrogen and oxygen atoms in total. The van der Waals surface area contributed by atoms with Crippen LogP contribution in [0.4, 0.5) is 0 Å². The van der Waals surface area contributed by atoms with E-state index in [1.165, 1.54) is 25.7 Å². The van der Waals surface area contributed by atoms with Crippen molar-refractivity contribution >= 4 is 5.78 Å². The van der Waals surface area contributed by atoms with E-state index in [0.29, 0.717) is 5.78 Å². The van der Waals surface area contributed by atoms with Crippen molar-refractivity contribution < 1.29 is 4.79 Å². The third kappa shape index (κ3) is 7.77. The van der Waals surface area contributed by atoms with Crippen LogP contribution in [0.15, 0.2) is 0 Å². The summed E-state index contributed by atoms with van der Waals surface area (Å²) in [4.78, 5) is 10.6. The van der Waals surface area contributed by atoms with Gasteiger partial charge < -0.3 is 4.79 Å². The molecule has 1 unspecified atom stereocenters. The third-order valence-corrected chi connectivity index (χ3v) is 2.42. The van der Waals surface area contributed by atoms with E-state index in [1.54, 1.807) is 6.92 Å². The summed E-state index contributed by atoms with van der Waals surface area (Å²) in [6, 6.07) is 0. The zero-order valence-corrected chi connectivity index (χ0v) is 8.73. The lowest BCUT2D eigenvalue weighted by molar-refractivity contribution is -0.117. The predicted molar refractivity (Wildman–Crippen MR) is 53.2 cm³/mol. The zero-order chi connectivity index (χ0) is 9.40. The van der Waals surface area contributed by atoms with Crippen LogP contribution in [0.25, 0.3) is 0 Å². The van der Waals surface area contributed by atoms with Gasteiger partial charge in [-0.15, -0.1) is 0 Å². The minimum atomic E-state index is 0.332. The average Bonchev–Trinajstić information content (AvgIpc) is 2.03. The minimum absolute atomic E-state index is 0.332. The fourth-order valence-corrected chi connectivity index (χ4v) is 1.25. The highest BCUT2D eigenvalue weighted by Crippen LogP contribution is 2.12. The van der Waals surface area contributed by atoms with E-state index in [9.17, 15) is 4.79 Å². The van der Waals surface area contributed by atoms with Crippen LogP contribution < -0.4 is 0 Å². The van der Waals surface area contributed by atoms with Crippen LogP contribution in [0.1, 0.15) is 59.3 Å². The van der Waals surface area contributed by atoms with E-state index >= 15 is 0 Å². The van der Waals surface area contributed by atoms with Gasteiger partial charge in [-0.2, -0.15) is 0 Å². The monoisotopic (exact) mass is 170 g/mol. The molecule has 1 atom stereocenters. The molecule has 72 valence electrons. The lowest BCUT2D eigenvalue weighted by Crippen LogP contribution is -1.93. The molecule has 0 rings (SSSR count). The Morgan fingerprint density at radius 2 is 1.92 bits per heavy atom. The standard InChI is InChI=1S/C11H22O/c1-4-10(2)8-6-5-7-9-11(3)12/h10H,4-9H2,1-3H3. The molecule has 0 saturated carbocycles. The Hall–Kier alpha value is -0.330. The van der Waals surface area contributed by atoms with Gasteiger partial charge in [0.1, 0.15) is 5.78 Å². The Kier molecular flexibility index (Phi) is 7.12. The molecule has 0 heterocycles. The Bertz CT molecular complexity index is 118. The first-order valence-corrected chi connectivity index (χ1v) is 5.16. The van der Waals surface area contributed by atoms with Gasteiger partial charge in [0, 0.05) is 6.42 Å². The van der Waals surface area contributed by atoms with Crippen molar-refractivity contribution in [3.05, 3.63) is 0 Å². The summed E-state index contributed by atoms with van der Waals surface area (Å²) in [6.45, 7) is 6.21. The Labute approximate surface area is 76.6 Å². The molecule has 12 heavy (non-hydrogen) atoms. The molecule has 0 saturated heterocycles. The summed E-state index contributed by atoms with van der Waals surface area (Å²) < 4.78 is 0. The summed E-state index contributed by atoms with van der Waals surface area (Å²) in [5, 5.41) is 0. The van der Waals surface area contributed by atoms with E-state index in [1.807, 2.05) is 0 Å². The SMILES string of the molecule is CCC(C)CCCCCC(C)=O. The topological polar surface area (TPSA) is 17.1 Å². The van der Waals surface area contributed by atoms with E-state index in [4.69, 9.17) is 0 Å². The van der Waals surface area contributed by atoms with Crippen LogP contribution in [0.2, 0.25) is 0 Å². The molecule has 0 amide bonds. The summed E-state index contributed by atoms with van der Waals surface area (Å²) in [5.74, 6) is 1.20. The molecular weight excluding hydrogens is 148 g/mol. The number of hydrogen-bond acceptors (Lipinski definition) is 1. The lowest BCUT2D eigenvalue weighted by Gasteiger charge is -2.06. The second-order valence-corrected chi connectivity index (χ2v) is 3.81. The Balaban J connectivity index is 3.05. The molecule has 0 radical (unpaired) electrons. The Morgan fingerprint density at radius 3 is 2.42 bits per heavy atom. The van der Waals surface area contributed by atoms with Crippen LogP contribution >= 0.6 is 0 Å². The molecule has 0 aliphatic rings. The molecule has 0 aromatic carbocycles. The van der Waals surface area contributed by atoms with Crippen molar-refractivity contribution in [3.63, 3.8) is 0 Å². The van der Waals surface area contributed by atoms with Gasteiger partial charge in [0.05, 0.1) is 0 Å². The second-order valence-electron chi connectivity index (χ2n) is 3.81. The summed E-state index contributed by atoms with van der Waals surface area (Å²) in [6.07, 6.45) is 7.00. The van der Waals surface area contributed by atoms with Crippen LogP contribution in [-0.2, 0) is 4.79 Å². The molecular formula is C11H22O. The van der Waals surface area contributed by atoms with Crippen LogP contribution in [-0.4, -0.2) is 5.78 Å². The summed E-state index contributed by atoms with van der Waals surface area (Å²) >= 11 is 0. The quantitative estimate of drug-likeness (QED) is 0.534. The van der Waals surface area contributed by atoms with Crippen molar-refractivity contribution in [1.29, 1.82) is 0 Å². The van der Waals surface area contributed by atoms with Crippen LogP contribution in [0.5, 0.6) is 0 Å². The zero-order valence-electron chi connectivity index (χ0n) is 8.73. The van der Waals surface area contributed by atoms with Crippen LogP contribution in [0, 0.1) is 5.92 Å². The van der Waals surface area contributed by atoms with E-state index < -0.39 is 0 Å². The predicted octanol–water partition coefficient (Wildman–Crippen LogP) is 3.57. The number of Topliss-reactive ketones (excluding diaryl/α,β-unsaturated/α-hetero) is 1. The first kappa shape index (κ1) is 11.7. The van der Waals surface area contributed by atoms with Crippen molar-refractivity contribution in [2.24, 2.45) is 5.92 Å². The van der Waals surface area contributed by atoms with Gasteiger partial charge in [-0.3, -0.25) is 0 Å². The molecule has 0 N–H and O–H groups in total. The minimum Gasteiger partial charge on any atom is -0.300 e. The maximum atomic E-state index is 10.6. The summed E-state index contributed by atoms with van der Waals surface area (Å²) in [7, 11) is 0. The van der Waals surface area contributed by atoms with Crippen molar-refractivity contribution in [2.75, 3.05) is 0 Å². The first-order chi connectivity index (χ1) is 5.66. The van der Waals surface area contributed by atoms with E-state index in [2.05, 4.69) is 13.8 Å². The lowest BCUT2D eigenvalue weighted by atomic mass is 10.0. The highest BCUT2D eigenvalue weighted by Gasteiger charge is 1.98. The maximum absolute atomic E-state index is 10.6. The highest BCUT2D eigenvalue weighted by atomic mass is 16.1. The highest BCUT2D eigenvalue weighted by molar-refractivity contribution is 5.75. The summed E-state index contributed by atoms with van der Waals surface area (Å²) in [5.41, 5.74) is 0. The molecule has 0 bridgehead atoms. The van der Waals surface area contributed by atoms with Gasteiger partial charge in [-0.25, -0.2) is 0 Å². The van der Waals surface area contributed by atoms with Gasteiger partial charge in [0.2, 0.25) is 0 Å². The average molecular weight is 170 g/mol. The maximum Gasteiger partial charge on any atom is 0.129 e. The van der Waals surface area contributed by atoms with Gasteiger partial charge in [-0.1, -0.05) is 39.5 Å². The van der Waals surface area contributed by atoms with Gasteiger partial charge >= 0.3 is 0 Å². The fraction of sp³-hybridized carbons (Fsp3) is 0.909. The van der Waals surface area contributed by atoms with Gasteiger partial charge in [0.15, 0.2) is 0 Å². The third-order valence-electron chi connectivity index (χ3n) is 2.42. The van der Waals surface area contributed by atoms with Gasteiger partial charge in [0.25, 0.3) is 0 Å². The molecule has 0 aromatic heterocycles. The number of rotatable bonds is 7. The number of unbranched alkanes of at least 4 members (excludes halogenated alkanes) is 2. The molecule has 0 fully saturated rings. The number of carbonyl (C=O) groups is 1. The van der Waals surface area contributed by atoms with Crippen LogP contribution in [0.3, 0.4) is 0 Å². The fourth-order valence-electron chi connectivity index (χ4n) is 1.25. The molecule has 0 aliphatic heterocycles.